The molecule has 0 aliphatic heterocycles. The number of rotatable bonds is 3. The molecule has 3 aliphatic carbocycles. The van der Waals surface area contributed by atoms with Crippen molar-refractivity contribution >= 4 is 11.8 Å². The van der Waals surface area contributed by atoms with Crippen molar-refractivity contribution in [1.82, 2.24) is 0 Å². The number of hydrogen-bond donors (Lipinski definition) is 0. The summed E-state index contributed by atoms with van der Waals surface area (Å²) in [6, 6.07) is 0. The summed E-state index contributed by atoms with van der Waals surface area (Å²) in [5, 5.41) is 0. The molecule has 0 bridgehead atoms. The van der Waals surface area contributed by atoms with E-state index in [1.165, 1.54) is 16.1 Å². The van der Waals surface area contributed by atoms with Crippen LogP contribution in [0.15, 0.2) is 83.4 Å². The zero-order chi connectivity index (χ0) is 16.2. The lowest BCUT2D eigenvalue weighted by atomic mass is 9.69. The van der Waals surface area contributed by atoms with Gasteiger partial charge in [-0.15, -0.1) is 11.8 Å². The Morgan fingerprint density at radius 3 is 2.78 bits per heavy atom. The van der Waals surface area contributed by atoms with Gasteiger partial charge < -0.3 is 0 Å². The summed E-state index contributed by atoms with van der Waals surface area (Å²) < 4.78 is 0. The normalized spacial score (nSPS) is 34.3. The van der Waals surface area contributed by atoms with Crippen LogP contribution in [0.1, 0.15) is 19.8 Å². The molecule has 0 aromatic heterocycles. The largest absolute Gasteiger partial charge is 0.134 e. The van der Waals surface area contributed by atoms with Crippen LogP contribution in [0.4, 0.5) is 0 Å². The number of fused-ring (bicyclic) bond motifs is 2. The maximum absolute atomic E-state index is 4.50. The Morgan fingerprint density at radius 2 is 2.00 bits per heavy atom. The molecule has 4 unspecified atom stereocenters. The van der Waals surface area contributed by atoms with Crippen molar-refractivity contribution in [3.05, 3.63) is 83.4 Å². The zero-order valence-electron chi connectivity index (χ0n) is 14.1. The van der Waals surface area contributed by atoms with E-state index in [1.54, 1.807) is 0 Å². The molecule has 0 N–H and O–H groups in total. The predicted octanol–water partition coefficient (Wildman–Crippen LogP) is 6.25. The third kappa shape index (κ3) is 3.40. The molecule has 0 saturated heterocycles. The number of allylic oxidation sites excluding steroid dienone is 13. The Bertz CT molecular complexity index is 639. The fraction of sp³-hybridized carbons (Fsp3) is 0.364. The summed E-state index contributed by atoms with van der Waals surface area (Å²) in [6.45, 7) is 6.71. The van der Waals surface area contributed by atoms with Crippen molar-refractivity contribution in [2.45, 2.75) is 19.8 Å². The highest BCUT2D eigenvalue weighted by atomic mass is 32.2. The van der Waals surface area contributed by atoms with Crippen molar-refractivity contribution < 1.29 is 0 Å². The van der Waals surface area contributed by atoms with E-state index < -0.39 is 0 Å². The van der Waals surface area contributed by atoms with E-state index in [0.29, 0.717) is 23.7 Å². The highest BCUT2D eigenvalue weighted by molar-refractivity contribution is 8.02. The smallest absolute Gasteiger partial charge is 0.0116 e. The first kappa shape index (κ1) is 16.4. The molecule has 0 nitrogen and oxygen atoms in total. The molecule has 1 heteroatoms. The average molecular weight is 323 g/mol. The van der Waals surface area contributed by atoms with Crippen LogP contribution in [0.25, 0.3) is 0 Å². The topological polar surface area (TPSA) is 0 Å². The van der Waals surface area contributed by atoms with Gasteiger partial charge in [0.2, 0.25) is 0 Å². The maximum Gasteiger partial charge on any atom is 0.0116 e. The van der Waals surface area contributed by atoms with Gasteiger partial charge in [0.25, 0.3) is 0 Å². The van der Waals surface area contributed by atoms with E-state index in [0.717, 1.165) is 12.8 Å². The van der Waals surface area contributed by atoms with Gasteiger partial charge in [-0.25, -0.2) is 0 Å². The van der Waals surface area contributed by atoms with Gasteiger partial charge in [-0.1, -0.05) is 74.3 Å². The second-order valence-electron chi connectivity index (χ2n) is 6.47. The first-order valence-corrected chi connectivity index (χ1v) is 9.81. The van der Waals surface area contributed by atoms with Gasteiger partial charge in [-0.3, -0.25) is 0 Å². The highest BCUT2D eigenvalue weighted by Gasteiger charge is 2.32. The van der Waals surface area contributed by atoms with Crippen LogP contribution in [0.3, 0.4) is 0 Å². The van der Waals surface area contributed by atoms with E-state index in [1.807, 2.05) is 11.8 Å². The van der Waals surface area contributed by atoms with Gasteiger partial charge in [0.05, 0.1) is 0 Å². The van der Waals surface area contributed by atoms with Crippen molar-refractivity contribution in [3.63, 3.8) is 0 Å². The molecule has 4 atom stereocenters. The predicted molar refractivity (Wildman–Crippen MR) is 104 cm³/mol. The van der Waals surface area contributed by atoms with Crippen molar-refractivity contribution in [1.29, 1.82) is 0 Å². The van der Waals surface area contributed by atoms with E-state index in [4.69, 9.17) is 0 Å². The monoisotopic (exact) mass is 322 g/mol. The third-order valence-electron chi connectivity index (χ3n) is 5.10. The van der Waals surface area contributed by atoms with Crippen LogP contribution in [0.2, 0.25) is 0 Å². The van der Waals surface area contributed by atoms with Crippen LogP contribution >= 0.6 is 11.8 Å². The maximum atomic E-state index is 4.50. The Labute approximate surface area is 145 Å². The molecule has 3 rings (SSSR count). The molecule has 0 spiro atoms. The zero-order valence-corrected chi connectivity index (χ0v) is 14.9. The fourth-order valence-corrected chi connectivity index (χ4v) is 4.32. The van der Waals surface area contributed by atoms with Gasteiger partial charge in [0, 0.05) is 17.8 Å². The quantitative estimate of drug-likeness (QED) is 0.554. The summed E-state index contributed by atoms with van der Waals surface area (Å²) in [4.78, 5) is 1.48. The van der Waals surface area contributed by atoms with E-state index in [2.05, 4.69) is 80.5 Å². The molecule has 23 heavy (non-hydrogen) atoms. The lowest BCUT2D eigenvalue weighted by Gasteiger charge is -2.36. The van der Waals surface area contributed by atoms with Crippen LogP contribution < -0.4 is 0 Å². The Balaban J connectivity index is 2.03. The van der Waals surface area contributed by atoms with Crippen molar-refractivity contribution in [3.8, 4) is 0 Å². The first-order valence-electron chi connectivity index (χ1n) is 8.58. The molecule has 3 aliphatic rings. The standard InChI is InChI=1S/C22H26S/c1-4-5-8-18-12-11-17-9-6-7-10-20(17)16(2)21-14-13-19(23-3)15-22(18)21/h5-14,17-18,20,22H,2,4,15H2,1,3H3/b8-5?,12-11-. The Kier molecular flexibility index (Phi) is 5.27. The molecule has 0 saturated carbocycles. The second kappa shape index (κ2) is 7.40. The van der Waals surface area contributed by atoms with E-state index in [-0.39, 0.29) is 0 Å². The van der Waals surface area contributed by atoms with Gasteiger partial charge in [-0.2, -0.15) is 0 Å². The summed E-state index contributed by atoms with van der Waals surface area (Å²) >= 11 is 1.88. The minimum absolute atomic E-state index is 0.408. The summed E-state index contributed by atoms with van der Waals surface area (Å²) in [7, 11) is 0. The second-order valence-corrected chi connectivity index (χ2v) is 7.40. The minimum atomic E-state index is 0.408. The third-order valence-corrected chi connectivity index (χ3v) is 5.92. The van der Waals surface area contributed by atoms with E-state index in [9.17, 15) is 0 Å². The van der Waals surface area contributed by atoms with Gasteiger partial charge >= 0.3 is 0 Å². The molecule has 0 radical (unpaired) electrons. The molecular weight excluding hydrogens is 296 g/mol. The fourth-order valence-electron chi connectivity index (χ4n) is 3.77. The average Bonchev–Trinajstić information content (AvgIpc) is 2.60. The molecule has 0 fully saturated rings. The minimum Gasteiger partial charge on any atom is -0.134 e. The summed E-state index contributed by atoms with van der Waals surface area (Å²) in [5.41, 5.74) is 2.75. The van der Waals surface area contributed by atoms with Crippen molar-refractivity contribution in [2.24, 2.45) is 23.7 Å². The molecule has 0 aromatic rings. The molecule has 0 aromatic carbocycles. The van der Waals surface area contributed by atoms with Crippen LogP contribution in [0, 0.1) is 23.7 Å². The Morgan fingerprint density at radius 1 is 1.17 bits per heavy atom. The van der Waals surface area contributed by atoms with Crippen LogP contribution in [-0.4, -0.2) is 6.26 Å². The SMILES string of the molecule is C=C1C2=CC=C(SC)CC2C(C=CCC)/C=C\C2C=CC=CC12. The molecule has 0 amide bonds. The lowest BCUT2D eigenvalue weighted by molar-refractivity contribution is 0.492. The first-order chi connectivity index (χ1) is 11.2. The lowest BCUT2D eigenvalue weighted by Crippen LogP contribution is -2.25. The van der Waals surface area contributed by atoms with Gasteiger partial charge in [0.1, 0.15) is 0 Å². The highest BCUT2D eigenvalue weighted by Crippen LogP contribution is 2.45. The molecular formula is C22H26S. The summed E-state index contributed by atoms with van der Waals surface area (Å²) in [6.07, 6.45) is 27.5. The van der Waals surface area contributed by atoms with Crippen molar-refractivity contribution in [2.75, 3.05) is 6.26 Å². The molecule has 120 valence electrons. The molecule has 0 heterocycles. The van der Waals surface area contributed by atoms with Gasteiger partial charge in [0.15, 0.2) is 0 Å². The number of hydrogen-bond acceptors (Lipinski definition) is 1. The van der Waals surface area contributed by atoms with Crippen LogP contribution in [0.5, 0.6) is 0 Å². The van der Waals surface area contributed by atoms with E-state index >= 15 is 0 Å². The van der Waals surface area contributed by atoms with Gasteiger partial charge in [-0.05, 0) is 41.1 Å². The van der Waals surface area contributed by atoms with Crippen LogP contribution in [-0.2, 0) is 0 Å². The summed E-state index contributed by atoms with van der Waals surface area (Å²) in [5.74, 6) is 1.84. The number of thioether (sulfide) groups is 1. The Hall–Kier alpha value is -1.47.